The molecule has 0 aliphatic carbocycles. The topological polar surface area (TPSA) is 52.6 Å². The second-order valence-corrected chi connectivity index (χ2v) is 8.05. The second kappa shape index (κ2) is 10.3. The molecule has 2 N–H and O–H groups in total. The summed E-state index contributed by atoms with van der Waals surface area (Å²) in [6.45, 7) is 10.6. The fourth-order valence-electron chi connectivity index (χ4n) is 3.15. The number of hydrogen-bond donors (Lipinski definition) is 2. The van der Waals surface area contributed by atoms with Crippen molar-refractivity contribution >= 4 is 17.3 Å². The van der Waals surface area contributed by atoms with Gasteiger partial charge in [0.25, 0.3) is 0 Å². The first-order valence-corrected chi connectivity index (χ1v) is 10.5. The van der Waals surface area contributed by atoms with Gasteiger partial charge in [-0.3, -0.25) is 9.89 Å². The molecule has 0 amide bonds. The lowest BCUT2D eigenvalue weighted by atomic mass is 9.99. The van der Waals surface area contributed by atoms with Crippen LogP contribution in [0, 0.1) is 5.92 Å². The lowest BCUT2D eigenvalue weighted by molar-refractivity contribution is -0.140. The van der Waals surface area contributed by atoms with E-state index in [0.717, 1.165) is 42.3 Å². The Balaban J connectivity index is 1.81. The summed E-state index contributed by atoms with van der Waals surface area (Å²) >= 11 is 1.04. The number of alkyl halides is 3. The van der Waals surface area contributed by atoms with Crippen molar-refractivity contribution in [2.75, 3.05) is 32.7 Å². The maximum atomic E-state index is 12.6. The van der Waals surface area contributed by atoms with Gasteiger partial charge >= 0.3 is 6.18 Å². The van der Waals surface area contributed by atoms with E-state index in [2.05, 4.69) is 39.4 Å². The molecule has 0 saturated carbocycles. The van der Waals surface area contributed by atoms with Crippen molar-refractivity contribution in [3.8, 4) is 0 Å². The van der Waals surface area contributed by atoms with Crippen LogP contribution in [-0.4, -0.2) is 54.6 Å². The predicted octanol–water partition coefficient (Wildman–Crippen LogP) is 3.38. The van der Waals surface area contributed by atoms with E-state index in [1.165, 1.54) is 12.8 Å². The Labute approximate surface area is 163 Å². The zero-order valence-electron chi connectivity index (χ0n) is 16.3. The summed E-state index contributed by atoms with van der Waals surface area (Å²) in [5, 5.41) is 7.92. The van der Waals surface area contributed by atoms with E-state index in [4.69, 9.17) is 0 Å². The molecule has 27 heavy (non-hydrogen) atoms. The van der Waals surface area contributed by atoms with Crippen LogP contribution >= 0.6 is 11.3 Å². The van der Waals surface area contributed by atoms with Crippen molar-refractivity contribution in [2.45, 2.75) is 52.3 Å². The van der Waals surface area contributed by atoms with Crippen LogP contribution < -0.4 is 10.6 Å². The van der Waals surface area contributed by atoms with Crippen LogP contribution in [0.25, 0.3) is 0 Å². The van der Waals surface area contributed by atoms with Gasteiger partial charge in [-0.15, -0.1) is 11.3 Å². The number of aromatic nitrogens is 1. The van der Waals surface area contributed by atoms with E-state index >= 15 is 0 Å². The maximum Gasteiger partial charge on any atom is 0.434 e. The third-order valence-corrected chi connectivity index (χ3v) is 5.55. The molecule has 9 heteroatoms. The molecule has 2 rings (SSSR count). The molecule has 2 atom stereocenters. The number of halogens is 3. The number of aliphatic imine (C=N–C) groups is 1. The third kappa shape index (κ3) is 7.29. The standard InChI is InChI=1S/C18H30F3N5S/c1-4-22-17(24-10-14(3)26-9-5-6-13(2)11-26)23-8-7-16-25-15(12-27-16)18(19,20)21/h12-14H,4-11H2,1-3H3,(H2,22,23,24). The van der Waals surface area contributed by atoms with Crippen LogP contribution in [-0.2, 0) is 12.6 Å². The van der Waals surface area contributed by atoms with Crippen LogP contribution in [0.2, 0.25) is 0 Å². The zero-order chi connectivity index (χ0) is 19.9. The van der Waals surface area contributed by atoms with E-state index in [1.54, 1.807) is 0 Å². The number of piperidine rings is 1. The van der Waals surface area contributed by atoms with Gasteiger partial charge in [0.2, 0.25) is 0 Å². The average molecular weight is 406 g/mol. The third-order valence-electron chi connectivity index (χ3n) is 4.64. The van der Waals surface area contributed by atoms with Gasteiger partial charge in [0.1, 0.15) is 0 Å². The normalized spacial score (nSPS) is 20.5. The van der Waals surface area contributed by atoms with Crippen LogP contribution in [0.15, 0.2) is 10.4 Å². The Morgan fingerprint density at radius 3 is 2.85 bits per heavy atom. The van der Waals surface area contributed by atoms with Crippen molar-refractivity contribution in [2.24, 2.45) is 10.9 Å². The molecule has 1 aromatic heterocycles. The summed E-state index contributed by atoms with van der Waals surface area (Å²) in [5.41, 5.74) is -0.812. The number of nitrogens with one attached hydrogen (secondary N) is 2. The quantitative estimate of drug-likeness (QED) is 0.539. The summed E-state index contributed by atoms with van der Waals surface area (Å²) in [5.74, 6) is 1.43. The van der Waals surface area contributed by atoms with Crippen LogP contribution in [0.4, 0.5) is 13.2 Å². The number of thiazole rings is 1. The van der Waals surface area contributed by atoms with Crippen LogP contribution in [0.5, 0.6) is 0 Å². The number of hydrogen-bond acceptors (Lipinski definition) is 4. The van der Waals surface area contributed by atoms with Gasteiger partial charge in [0, 0.05) is 37.5 Å². The molecule has 0 aromatic carbocycles. The molecule has 0 radical (unpaired) electrons. The maximum absolute atomic E-state index is 12.6. The van der Waals surface area contributed by atoms with Gasteiger partial charge in [-0.1, -0.05) is 6.92 Å². The summed E-state index contributed by atoms with van der Waals surface area (Å²) < 4.78 is 37.8. The molecule has 1 aliphatic rings. The highest BCUT2D eigenvalue weighted by atomic mass is 32.1. The molecule has 1 fully saturated rings. The number of guanidine groups is 1. The Bertz CT molecular complexity index is 602. The van der Waals surface area contributed by atoms with Crippen molar-refractivity contribution in [1.29, 1.82) is 0 Å². The lowest BCUT2D eigenvalue weighted by Gasteiger charge is -2.35. The van der Waals surface area contributed by atoms with Gasteiger partial charge in [0.15, 0.2) is 11.7 Å². The number of rotatable bonds is 7. The highest BCUT2D eigenvalue weighted by Gasteiger charge is 2.33. The number of nitrogens with zero attached hydrogens (tertiary/aromatic N) is 3. The van der Waals surface area contributed by atoms with Gasteiger partial charge in [0.05, 0.1) is 11.6 Å². The molecule has 0 bridgehead atoms. The molecule has 1 saturated heterocycles. The highest BCUT2D eigenvalue weighted by Crippen LogP contribution is 2.30. The fourth-order valence-corrected chi connectivity index (χ4v) is 3.96. The van der Waals surface area contributed by atoms with Crippen molar-refractivity contribution < 1.29 is 13.2 Å². The van der Waals surface area contributed by atoms with Gasteiger partial charge < -0.3 is 10.6 Å². The first kappa shape index (κ1) is 21.9. The molecular formula is C18H30F3N5S. The first-order chi connectivity index (χ1) is 12.8. The summed E-state index contributed by atoms with van der Waals surface area (Å²) in [4.78, 5) is 10.8. The van der Waals surface area contributed by atoms with E-state index in [-0.39, 0.29) is 0 Å². The lowest BCUT2D eigenvalue weighted by Crippen LogP contribution is -2.43. The molecular weight excluding hydrogens is 375 g/mol. The van der Waals surface area contributed by atoms with E-state index < -0.39 is 11.9 Å². The first-order valence-electron chi connectivity index (χ1n) is 9.57. The van der Waals surface area contributed by atoms with Crippen LogP contribution in [0.3, 0.4) is 0 Å². The average Bonchev–Trinajstić information content (AvgIpc) is 3.08. The molecule has 2 heterocycles. The van der Waals surface area contributed by atoms with Gasteiger partial charge in [-0.2, -0.15) is 13.2 Å². The van der Waals surface area contributed by atoms with Crippen LogP contribution in [0.1, 0.15) is 44.3 Å². The predicted molar refractivity (Wildman–Crippen MR) is 104 cm³/mol. The van der Waals surface area contributed by atoms with Gasteiger partial charge in [-0.25, -0.2) is 4.98 Å². The largest absolute Gasteiger partial charge is 0.434 e. The Morgan fingerprint density at radius 2 is 2.22 bits per heavy atom. The minimum atomic E-state index is -4.37. The smallest absolute Gasteiger partial charge is 0.357 e. The van der Waals surface area contributed by atoms with Crippen molar-refractivity contribution in [3.63, 3.8) is 0 Å². The Kier molecular flexibility index (Phi) is 8.34. The van der Waals surface area contributed by atoms with E-state index in [9.17, 15) is 13.2 Å². The minimum absolute atomic E-state index is 0.372. The van der Waals surface area contributed by atoms with E-state index in [1.807, 2.05) is 6.92 Å². The van der Waals surface area contributed by atoms with Crippen molar-refractivity contribution in [1.82, 2.24) is 20.5 Å². The molecule has 1 aliphatic heterocycles. The monoisotopic (exact) mass is 405 g/mol. The molecule has 5 nitrogen and oxygen atoms in total. The highest BCUT2D eigenvalue weighted by molar-refractivity contribution is 7.09. The number of likely N-dealkylation sites (tertiary alicyclic amines) is 1. The van der Waals surface area contributed by atoms with Gasteiger partial charge in [-0.05, 0) is 39.2 Å². The zero-order valence-corrected chi connectivity index (χ0v) is 17.1. The second-order valence-electron chi connectivity index (χ2n) is 7.11. The Morgan fingerprint density at radius 1 is 1.44 bits per heavy atom. The summed E-state index contributed by atoms with van der Waals surface area (Å²) in [6, 6.07) is 0.372. The molecule has 2 unspecified atom stereocenters. The summed E-state index contributed by atoms with van der Waals surface area (Å²) in [6.07, 6.45) is -1.41. The van der Waals surface area contributed by atoms with E-state index in [0.29, 0.717) is 36.5 Å². The molecule has 0 spiro atoms. The SMILES string of the molecule is CCNC(=NCC(C)N1CCCC(C)C1)NCCc1nc(C(F)(F)F)cs1. The summed E-state index contributed by atoms with van der Waals surface area (Å²) in [7, 11) is 0. The minimum Gasteiger partial charge on any atom is -0.357 e. The fraction of sp³-hybridized carbons (Fsp3) is 0.778. The molecule has 154 valence electrons. The molecule has 1 aromatic rings. The Hall–Kier alpha value is -1.35. The van der Waals surface area contributed by atoms with Crippen molar-refractivity contribution in [3.05, 3.63) is 16.1 Å².